The van der Waals surface area contributed by atoms with Gasteiger partial charge in [0, 0.05) is 15.3 Å². The second-order valence-electron chi connectivity index (χ2n) is 4.98. The van der Waals surface area contributed by atoms with Gasteiger partial charge in [0.1, 0.15) is 5.82 Å². The molecule has 3 rings (SSSR count). The number of Topliss-reactive ketones (excluding diaryl/α,β-unsaturated/α-hetero) is 1. The SMILES string of the molecule is O=C(c1ccc(F)cc1I)C1CCCc2cccnc21. The summed E-state index contributed by atoms with van der Waals surface area (Å²) in [5.74, 6) is -0.457. The number of nitrogens with zero attached hydrogens (tertiary/aromatic N) is 1. The van der Waals surface area contributed by atoms with Gasteiger partial charge in [-0.1, -0.05) is 6.07 Å². The van der Waals surface area contributed by atoms with Crippen LogP contribution in [0.15, 0.2) is 36.5 Å². The first-order valence-electron chi connectivity index (χ1n) is 6.60. The van der Waals surface area contributed by atoms with E-state index < -0.39 is 0 Å². The summed E-state index contributed by atoms with van der Waals surface area (Å²) in [6.45, 7) is 0. The first-order valence-corrected chi connectivity index (χ1v) is 7.68. The zero-order chi connectivity index (χ0) is 14.1. The third-order valence-electron chi connectivity index (χ3n) is 3.71. The van der Waals surface area contributed by atoms with Crippen molar-refractivity contribution in [2.45, 2.75) is 25.2 Å². The van der Waals surface area contributed by atoms with Gasteiger partial charge in [0.15, 0.2) is 5.78 Å². The van der Waals surface area contributed by atoms with Gasteiger partial charge in [0.2, 0.25) is 0 Å². The molecule has 1 aliphatic rings. The smallest absolute Gasteiger partial charge is 0.172 e. The number of pyridine rings is 1. The Labute approximate surface area is 130 Å². The molecule has 1 unspecified atom stereocenters. The van der Waals surface area contributed by atoms with E-state index in [4.69, 9.17) is 0 Å². The van der Waals surface area contributed by atoms with Crippen LogP contribution in [0.4, 0.5) is 4.39 Å². The molecule has 0 fully saturated rings. The highest BCUT2D eigenvalue weighted by Gasteiger charge is 2.29. The van der Waals surface area contributed by atoms with Crippen molar-refractivity contribution in [1.82, 2.24) is 4.98 Å². The summed E-state index contributed by atoms with van der Waals surface area (Å²) in [6.07, 6.45) is 4.52. The summed E-state index contributed by atoms with van der Waals surface area (Å²) in [6, 6.07) is 8.27. The van der Waals surface area contributed by atoms with Crippen molar-refractivity contribution in [1.29, 1.82) is 0 Å². The Morgan fingerprint density at radius 1 is 1.35 bits per heavy atom. The second-order valence-corrected chi connectivity index (χ2v) is 6.14. The van der Waals surface area contributed by atoms with Gasteiger partial charge in [-0.25, -0.2) is 4.39 Å². The van der Waals surface area contributed by atoms with Crippen LogP contribution in [-0.2, 0) is 6.42 Å². The lowest BCUT2D eigenvalue weighted by molar-refractivity contribution is 0.0948. The standard InChI is InChI=1S/C16H13FINO/c17-11-6-7-12(14(18)9-11)16(20)13-5-1-3-10-4-2-8-19-15(10)13/h2,4,6-9,13H,1,3,5H2. The van der Waals surface area contributed by atoms with Crippen molar-refractivity contribution in [2.75, 3.05) is 0 Å². The Bertz CT molecular complexity index is 671. The number of aryl methyl sites for hydroxylation is 1. The number of hydrogen-bond donors (Lipinski definition) is 0. The third kappa shape index (κ3) is 2.49. The highest BCUT2D eigenvalue weighted by Crippen LogP contribution is 2.33. The lowest BCUT2D eigenvalue weighted by atomic mass is 9.82. The molecule has 102 valence electrons. The zero-order valence-corrected chi connectivity index (χ0v) is 12.9. The molecule has 2 aromatic rings. The van der Waals surface area contributed by atoms with Gasteiger partial charge >= 0.3 is 0 Å². The van der Waals surface area contributed by atoms with E-state index in [1.54, 1.807) is 12.3 Å². The van der Waals surface area contributed by atoms with Gasteiger partial charge in [0.25, 0.3) is 0 Å². The van der Waals surface area contributed by atoms with Gasteiger partial charge in [-0.15, -0.1) is 0 Å². The summed E-state index contributed by atoms with van der Waals surface area (Å²) < 4.78 is 13.8. The van der Waals surface area contributed by atoms with Crippen LogP contribution in [0.3, 0.4) is 0 Å². The fourth-order valence-corrected chi connectivity index (χ4v) is 3.48. The average molecular weight is 381 g/mol. The number of ketones is 1. The molecule has 1 aromatic heterocycles. The molecule has 2 nitrogen and oxygen atoms in total. The van der Waals surface area contributed by atoms with Gasteiger partial charge in [-0.05, 0) is 71.7 Å². The third-order valence-corrected chi connectivity index (χ3v) is 4.60. The molecule has 0 aliphatic heterocycles. The number of benzene rings is 1. The second kappa shape index (κ2) is 5.60. The maximum atomic E-state index is 13.2. The highest BCUT2D eigenvalue weighted by atomic mass is 127. The van der Waals surface area contributed by atoms with E-state index in [1.807, 2.05) is 34.7 Å². The maximum absolute atomic E-state index is 13.2. The summed E-state index contributed by atoms with van der Waals surface area (Å²) in [7, 11) is 0. The van der Waals surface area contributed by atoms with Crippen LogP contribution in [0.2, 0.25) is 0 Å². The van der Waals surface area contributed by atoms with Crippen LogP contribution in [0.1, 0.15) is 40.4 Å². The van der Waals surface area contributed by atoms with Crippen molar-refractivity contribution in [3.63, 3.8) is 0 Å². The number of halogens is 2. The molecular weight excluding hydrogens is 368 g/mol. The lowest BCUT2D eigenvalue weighted by Gasteiger charge is -2.23. The molecule has 1 aromatic carbocycles. The Hall–Kier alpha value is -1.30. The Morgan fingerprint density at radius 2 is 2.20 bits per heavy atom. The highest BCUT2D eigenvalue weighted by molar-refractivity contribution is 14.1. The van der Waals surface area contributed by atoms with E-state index in [0.717, 1.165) is 30.5 Å². The van der Waals surface area contributed by atoms with Crippen LogP contribution in [0.25, 0.3) is 0 Å². The number of carbonyl (C=O) groups is 1. The molecule has 0 saturated carbocycles. The van der Waals surface area contributed by atoms with Crippen LogP contribution < -0.4 is 0 Å². The van der Waals surface area contributed by atoms with Crippen molar-refractivity contribution in [3.8, 4) is 0 Å². The summed E-state index contributed by atoms with van der Waals surface area (Å²) in [4.78, 5) is 17.1. The first kappa shape index (κ1) is 13.7. The van der Waals surface area contributed by atoms with E-state index in [0.29, 0.717) is 9.13 Å². The number of aromatic nitrogens is 1. The molecule has 0 N–H and O–H groups in total. The van der Waals surface area contributed by atoms with Crippen molar-refractivity contribution >= 4 is 28.4 Å². The Morgan fingerprint density at radius 3 is 3.00 bits per heavy atom. The predicted octanol–water partition coefficient (Wildman–Crippen LogP) is 4.13. The molecule has 0 bridgehead atoms. The predicted molar refractivity (Wildman–Crippen MR) is 83.4 cm³/mol. The maximum Gasteiger partial charge on any atom is 0.172 e. The molecule has 20 heavy (non-hydrogen) atoms. The van der Waals surface area contributed by atoms with Gasteiger partial charge in [-0.3, -0.25) is 9.78 Å². The van der Waals surface area contributed by atoms with Crippen LogP contribution in [-0.4, -0.2) is 10.8 Å². The zero-order valence-electron chi connectivity index (χ0n) is 10.8. The first-order chi connectivity index (χ1) is 9.66. The quantitative estimate of drug-likeness (QED) is 0.579. The summed E-state index contributed by atoms with van der Waals surface area (Å²) in [5, 5.41) is 0. The van der Waals surface area contributed by atoms with E-state index in [-0.39, 0.29) is 17.5 Å². The normalized spacial score (nSPS) is 17.6. The molecule has 1 aliphatic carbocycles. The van der Waals surface area contributed by atoms with Crippen molar-refractivity contribution < 1.29 is 9.18 Å². The molecule has 4 heteroatoms. The molecule has 0 amide bonds. The number of carbonyl (C=O) groups excluding carboxylic acids is 1. The van der Waals surface area contributed by atoms with Crippen LogP contribution in [0.5, 0.6) is 0 Å². The van der Waals surface area contributed by atoms with E-state index in [2.05, 4.69) is 4.98 Å². The van der Waals surface area contributed by atoms with E-state index >= 15 is 0 Å². The number of rotatable bonds is 2. The minimum Gasteiger partial charge on any atom is -0.293 e. The van der Waals surface area contributed by atoms with Crippen molar-refractivity contribution in [3.05, 3.63) is 62.7 Å². The molecule has 1 heterocycles. The number of fused-ring (bicyclic) bond motifs is 1. The molecule has 0 radical (unpaired) electrons. The fourth-order valence-electron chi connectivity index (χ4n) is 2.74. The molecule has 1 atom stereocenters. The Kier molecular flexibility index (Phi) is 3.83. The van der Waals surface area contributed by atoms with Crippen molar-refractivity contribution in [2.24, 2.45) is 0 Å². The van der Waals surface area contributed by atoms with E-state index in [1.165, 1.54) is 12.1 Å². The topological polar surface area (TPSA) is 30.0 Å². The largest absolute Gasteiger partial charge is 0.293 e. The monoisotopic (exact) mass is 381 g/mol. The minimum absolute atomic E-state index is 0.0500. The Balaban J connectivity index is 2.00. The molecule has 0 spiro atoms. The minimum atomic E-state index is -0.312. The van der Waals surface area contributed by atoms with Crippen LogP contribution in [0, 0.1) is 9.39 Å². The summed E-state index contributed by atoms with van der Waals surface area (Å²) >= 11 is 2.02. The summed E-state index contributed by atoms with van der Waals surface area (Å²) in [5.41, 5.74) is 2.65. The van der Waals surface area contributed by atoms with Gasteiger partial charge in [0.05, 0.1) is 11.6 Å². The lowest BCUT2D eigenvalue weighted by Crippen LogP contribution is -2.21. The molecular formula is C16H13FINO. The van der Waals surface area contributed by atoms with Gasteiger partial charge < -0.3 is 0 Å². The van der Waals surface area contributed by atoms with Crippen LogP contribution >= 0.6 is 22.6 Å². The van der Waals surface area contributed by atoms with Gasteiger partial charge in [-0.2, -0.15) is 0 Å². The van der Waals surface area contributed by atoms with E-state index in [9.17, 15) is 9.18 Å². The average Bonchev–Trinajstić information content (AvgIpc) is 2.46. The fraction of sp³-hybridized carbons (Fsp3) is 0.250. The molecule has 0 saturated heterocycles. The number of hydrogen-bond acceptors (Lipinski definition) is 2.